The van der Waals surface area contributed by atoms with Gasteiger partial charge in [0, 0.05) is 23.2 Å². The van der Waals surface area contributed by atoms with Crippen LogP contribution >= 0.6 is 11.3 Å². The standard InChI is InChI=1S/C12H11FN2O2S/c13-9-6-10(8-11(7-9)15(16)17)14-4-3-12-2-1-5-18-12/h1-2,5-8,14H,3-4H2. The second-order valence-electron chi connectivity index (χ2n) is 3.71. The molecule has 2 rings (SSSR count). The fourth-order valence-electron chi connectivity index (χ4n) is 1.57. The van der Waals surface area contributed by atoms with Gasteiger partial charge in [-0.1, -0.05) is 6.07 Å². The number of anilines is 1. The first-order chi connectivity index (χ1) is 8.65. The number of benzene rings is 1. The van der Waals surface area contributed by atoms with Crippen molar-refractivity contribution in [2.24, 2.45) is 0 Å². The number of nitro benzene ring substituents is 1. The molecule has 0 saturated heterocycles. The second-order valence-corrected chi connectivity index (χ2v) is 4.74. The molecule has 4 nitrogen and oxygen atoms in total. The average molecular weight is 266 g/mol. The van der Waals surface area contributed by atoms with Gasteiger partial charge >= 0.3 is 0 Å². The van der Waals surface area contributed by atoms with Crippen molar-refractivity contribution in [3.05, 3.63) is 56.5 Å². The molecule has 1 aromatic heterocycles. The average Bonchev–Trinajstić information content (AvgIpc) is 2.81. The molecule has 0 atom stereocenters. The molecule has 0 radical (unpaired) electrons. The molecule has 0 aliphatic heterocycles. The first-order valence-electron chi connectivity index (χ1n) is 5.36. The largest absolute Gasteiger partial charge is 0.384 e. The van der Waals surface area contributed by atoms with E-state index in [1.54, 1.807) is 11.3 Å². The van der Waals surface area contributed by atoms with Crippen LogP contribution in [0.3, 0.4) is 0 Å². The Balaban J connectivity index is 1.98. The Bertz CT molecular complexity index is 543. The summed E-state index contributed by atoms with van der Waals surface area (Å²) in [6, 6.07) is 7.47. The smallest absolute Gasteiger partial charge is 0.274 e. The maximum absolute atomic E-state index is 13.1. The van der Waals surface area contributed by atoms with Crippen LogP contribution in [0.15, 0.2) is 35.7 Å². The number of nitro groups is 1. The lowest BCUT2D eigenvalue weighted by atomic mass is 10.2. The van der Waals surface area contributed by atoms with E-state index < -0.39 is 10.7 Å². The lowest BCUT2D eigenvalue weighted by Gasteiger charge is -2.05. The van der Waals surface area contributed by atoms with Gasteiger partial charge < -0.3 is 5.32 Å². The van der Waals surface area contributed by atoms with E-state index in [0.29, 0.717) is 12.2 Å². The van der Waals surface area contributed by atoms with Crippen molar-refractivity contribution in [3.8, 4) is 0 Å². The minimum absolute atomic E-state index is 0.242. The fourth-order valence-corrected chi connectivity index (χ4v) is 2.28. The molecule has 0 fully saturated rings. The van der Waals surface area contributed by atoms with Crippen LogP contribution in [-0.2, 0) is 6.42 Å². The predicted molar refractivity (Wildman–Crippen MR) is 69.6 cm³/mol. The molecule has 0 amide bonds. The van der Waals surface area contributed by atoms with Gasteiger partial charge in [-0.25, -0.2) is 4.39 Å². The monoisotopic (exact) mass is 266 g/mol. The number of nitrogens with zero attached hydrogens (tertiary/aromatic N) is 1. The maximum Gasteiger partial charge on any atom is 0.274 e. The molecule has 2 aromatic rings. The molecule has 18 heavy (non-hydrogen) atoms. The van der Waals surface area contributed by atoms with Crippen molar-refractivity contribution in [3.63, 3.8) is 0 Å². The third kappa shape index (κ3) is 3.27. The fraction of sp³-hybridized carbons (Fsp3) is 0.167. The Morgan fingerprint density at radius 2 is 2.22 bits per heavy atom. The van der Waals surface area contributed by atoms with Gasteiger partial charge in [0.15, 0.2) is 0 Å². The van der Waals surface area contributed by atoms with E-state index >= 15 is 0 Å². The molecule has 0 spiro atoms. The molecule has 1 N–H and O–H groups in total. The number of thiophene rings is 1. The highest BCUT2D eigenvalue weighted by atomic mass is 32.1. The Labute approximate surface area is 107 Å². The molecule has 0 bridgehead atoms. The highest BCUT2D eigenvalue weighted by Crippen LogP contribution is 2.20. The zero-order valence-electron chi connectivity index (χ0n) is 9.43. The van der Waals surface area contributed by atoms with Crippen LogP contribution in [0.25, 0.3) is 0 Å². The zero-order chi connectivity index (χ0) is 13.0. The van der Waals surface area contributed by atoms with Crippen LogP contribution in [0.2, 0.25) is 0 Å². The highest BCUT2D eigenvalue weighted by Gasteiger charge is 2.09. The number of nitrogens with one attached hydrogen (secondary N) is 1. The lowest BCUT2D eigenvalue weighted by molar-refractivity contribution is -0.385. The van der Waals surface area contributed by atoms with E-state index in [2.05, 4.69) is 5.32 Å². The van der Waals surface area contributed by atoms with Crippen LogP contribution in [-0.4, -0.2) is 11.5 Å². The van der Waals surface area contributed by atoms with E-state index in [-0.39, 0.29) is 5.69 Å². The third-order valence-electron chi connectivity index (χ3n) is 2.37. The summed E-state index contributed by atoms with van der Waals surface area (Å²) in [6.07, 6.45) is 0.808. The van der Waals surface area contributed by atoms with Crippen molar-refractivity contribution >= 4 is 22.7 Å². The SMILES string of the molecule is O=[N+]([O-])c1cc(F)cc(NCCc2cccs2)c1. The zero-order valence-corrected chi connectivity index (χ0v) is 10.2. The van der Waals surface area contributed by atoms with Gasteiger partial charge in [-0.3, -0.25) is 10.1 Å². The van der Waals surface area contributed by atoms with Crippen LogP contribution in [0, 0.1) is 15.9 Å². The summed E-state index contributed by atoms with van der Waals surface area (Å²) in [4.78, 5) is 11.2. The number of hydrogen-bond acceptors (Lipinski definition) is 4. The van der Waals surface area contributed by atoms with Gasteiger partial charge in [-0.15, -0.1) is 11.3 Å². The van der Waals surface area contributed by atoms with Crippen LogP contribution < -0.4 is 5.32 Å². The number of halogens is 1. The second kappa shape index (κ2) is 5.59. The van der Waals surface area contributed by atoms with Crippen LogP contribution in [0.5, 0.6) is 0 Å². The number of non-ortho nitro benzene ring substituents is 1. The van der Waals surface area contributed by atoms with Crippen molar-refractivity contribution in [2.45, 2.75) is 6.42 Å². The molecule has 0 unspecified atom stereocenters. The Morgan fingerprint density at radius 3 is 2.89 bits per heavy atom. The van der Waals surface area contributed by atoms with E-state index in [1.807, 2.05) is 17.5 Å². The minimum atomic E-state index is -0.608. The molecular formula is C12H11FN2O2S. The summed E-state index contributed by atoms with van der Waals surface area (Å²) < 4.78 is 13.1. The molecule has 1 aromatic carbocycles. The summed E-state index contributed by atoms with van der Waals surface area (Å²) in [6.45, 7) is 0.612. The van der Waals surface area contributed by atoms with Gasteiger partial charge in [0.25, 0.3) is 5.69 Å². The summed E-state index contributed by atoms with van der Waals surface area (Å²) in [5.41, 5.74) is 0.187. The van der Waals surface area contributed by atoms with E-state index in [4.69, 9.17) is 0 Å². The Hall–Kier alpha value is -1.95. The Morgan fingerprint density at radius 1 is 1.39 bits per heavy atom. The predicted octanol–water partition coefficient (Wildman–Crippen LogP) is 3.45. The number of hydrogen-bond donors (Lipinski definition) is 1. The molecule has 0 aliphatic carbocycles. The van der Waals surface area contributed by atoms with E-state index in [1.165, 1.54) is 17.0 Å². The third-order valence-corrected chi connectivity index (χ3v) is 3.31. The first kappa shape index (κ1) is 12.5. The normalized spacial score (nSPS) is 10.3. The molecule has 94 valence electrons. The minimum Gasteiger partial charge on any atom is -0.384 e. The van der Waals surface area contributed by atoms with Gasteiger partial charge in [0.05, 0.1) is 11.0 Å². The highest BCUT2D eigenvalue weighted by molar-refractivity contribution is 7.09. The van der Waals surface area contributed by atoms with Crippen molar-refractivity contribution < 1.29 is 9.31 Å². The van der Waals surface area contributed by atoms with Crippen molar-refractivity contribution in [1.82, 2.24) is 0 Å². The molecule has 0 saturated carbocycles. The van der Waals surface area contributed by atoms with Gasteiger partial charge in [0.2, 0.25) is 0 Å². The lowest BCUT2D eigenvalue weighted by Crippen LogP contribution is -2.04. The number of rotatable bonds is 5. The quantitative estimate of drug-likeness (QED) is 0.666. The molecule has 1 heterocycles. The summed E-state index contributed by atoms with van der Waals surface area (Å²) in [7, 11) is 0. The van der Waals surface area contributed by atoms with Gasteiger partial charge in [0.1, 0.15) is 5.82 Å². The summed E-state index contributed by atoms with van der Waals surface area (Å²) >= 11 is 1.65. The molecular weight excluding hydrogens is 255 g/mol. The van der Waals surface area contributed by atoms with Crippen LogP contribution in [0.1, 0.15) is 4.88 Å². The molecule has 0 aliphatic rings. The summed E-state index contributed by atoms with van der Waals surface area (Å²) in [5, 5.41) is 15.5. The van der Waals surface area contributed by atoms with E-state index in [0.717, 1.165) is 12.5 Å². The van der Waals surface area contributed by atoms with Crippen molar-refractivity contribution in [1.29, 1.82) is 0 Å². The topological polar surface area (TPSA) is 55.2 Å². The van der Waals surface area contributed by atoms with Gasteiger partial charge in [-0.2, -0.15) is 0 Å². The summed E-state index contributed by atoms with van der Waals surface area (Å²) in [5.74, 6) is -0.608. The maximum atomic E-state index is 13.1. The van der Waals surface area contributed by atoms with E-state index in [9.17, 15) is 14.5 Å². The first-order valence-corrected chi connectivity index (χ1v) is 6.24. The van der Waals surface area contributed by atoms with Crippen LogP contribution in [0.4, 0.5) is 15.8 Å². The Kier molecular flexibility index (Phi) is 3.88. The van der Waals surface area contributed by atoms with Gasteiger partial charge in [-0.05, 0) is 23.9 Å². The molecule has 6 heteroatoms. The van der Waals surface area contributed by atoms with Crippen molar-refractivity contribution in [2.75, 3.05) is 11.9 Å².